The van der Waals surface area contributed by atoms with Crippen LogP contribution in [0.3, 0.4) is 0 Å². The zero-order valence-corrected chi connectivity index (χ0v) is 15.0. The largest absolute Gasteiger partial charge is 0.433 e. The second kappa shape index (κ2) is 5.90. The Kier molecular flexibility index (Phi) is 3.70. The van der Waals surface area contributed by atoms with Crippen LogP contribution >= 0.6 is 11.3 Å². The van der Waals surface area contributed by atoms with Gasteiger partial charge in [-0.1, -0.05) is 0 Å². The van der Waals surface area contributed by atoms with Gasteiger partial charge in [-0.15, -0.1) is 11.3 Å². The molecule has 10 heteroatoms. The Morgan fingerprint density at radius 3 is 2.70 bits per heavy atom. The number of aromatic amines is 2. The highest BCUT2D eigenvalue weighted by atomic mass is 32.1. The lowest BCUT2D eigenvalue weighted by atomic mass is 9.83. The topological polar surface area (TPSA) is 77.7 Å². The van der Waals surface area contributed by atoms with Crippen molar-refractivity contribution >= 4 is 21.6 Å². The van der Waals surface area contributed by atoms with Crippen molar-refractivity contribution in [2.45, 2.75) is 31.5 Å². The molecule has 3 fully saturated rings. The van der Waals surface area contributed by atoms with E-state index in [0.717, 1.165) is 37.0 Å². The molecule has 0 saturated carbocycles. The van der Waals surface area contributed by atoms with Gasteiger partial charge in [0.25, 0.3) is 5.56 Å². The molecular formula is C17H16F3N5OS. The minimum absolute atomic E-state index is 0.0630. The van der Waals surface area contributed by atoms with Crippen LogP contribution in [0, 0.1) is 5.92 Å². The molecule has 3 aliphatic rings. The van der Waals surface area contributed by atoms with Crippen LogP contribution in [0.2, 0.25) is 0 Å². The van der Waals surface area contributed by atoms with Crippen LogP contribution in [-0.4, -0.2) is 38.2 Å². The van der Waals surface area contributed by atoms with Gasteiger partial charge >= 0.3 is 6.18 Å². The molecular weight excluding hydrogens is 379 g/mol. The molecule has 0 aliphatic carbocycles. The molecule has 6 nitrogen and oxygen atoms in total. The van der Waals surface area contributed by atoms with Crippen LogP contribution in [0.1, 0.15) is 36.8 Å². The molecule has 3 aromatic rings. The summed E-state index contributed by atoms with van der Waals surface area (Å²) >= 11 is 1.00. The molecule has 3 aliphatic heterocycles. The summed E-state index contributed by atoms with van der Waals surface area (Å²) in [5.74, 6) is 1.27. The Hall–Kier alpha value is -2.20. The fraction of sp³-hybridized carbons (Fsp3) is 0.471. The van der Waals surface area contributed by atoms with E-state index in [4.69, 9.17) is 0 Å². The summed E-state index contributed by atoms with van der Waals surface area (Å²) in [7, 11) is 0. The van der Waals surface area contributed by atoms with Crippen molar-refractivity contribution in [1.29, 1.82) is 0 Å². The summed E-state index contributed by atoms with van der Waals surface area (Å²) in [5, 5.41) is 5.53. The van der Waals surface area contributed by atoms with Crippen molar-refractivity contribution in [1.82, 2.24) is 25.1 Å². The van der Waals surface area contributed by atoms with E-state index in [-0.39, 0.29) is 17.2 Å². The number of nitrogens with zero attached hydrogens (tertiary/aromatic N) is 3. The van der Waals surface area contributed by atoms with E-state index >= 15 is 0 Å². The lowest BCUT2D eigenvalue weighted by Gasteiger charge is -2.44. The Balaban J connectivity index is 1.58. The van der Waals surface area contributed by atoms with Gasteiger partial charge in [-0.05, 0) is 44.3 Å². The Morgan fingerprint density at radius 2 is 2.04 bits per heavy atom. The third kappa shape index (κ3) is 2.78. The smallest absolute Gasteiger partial charge is 0.308 e. The fourth-order valence-electron chi connectivity index (χ4n) is 4.19. The van der Waals surface area contributed by atoms with Crippen molar-refractivity contribution in [2.75, 3.05) is 13.1 Å². The Labute approximate surface area is 155 Å². The summed E-state index contributed by atoms with van der Waals surface area (Å²) in [4.78, 5) is 22.7. The number of H-pyrrole nitrogens is 2. The number of piperidine rings is 3. The standard InChI is InChI=1S/C17H16F3N5OS/c18-17(19,20)14-9(7-21-24-14)12-6-10-13(27-12)16(26)23-15(22-10)11-5-8-1-3-25(11)4-2-8/h6-8,11H,1-5H2,(H,21,24)(H,22,23,26). The third-order valence-electron chi connectivity index (χ3n) is 5.55. The second-order valence-electron chi connectivity index (χ2n) is 7.16. The average Bonchev–Trinajstić information content (AvgIpc) is 3.29. The van der Waals surface area contributed by atoms with Gasteiger partial charge in [0.2, 0.25) is 0 Å². The quantitative estimate of drug-likeness (QED) is 0.696. The van der Waals surface area contributed by atoms with E-state index in [1.165, 1.54) is 12.8 Å². The van der Waals surface area contributed by atoms with Gasteiger partial charge in [0.15, 0.2) is 0 Å². The molecule has 3 aromatic heterocycles. The number of aromatic nitrogens is 4. The molecule has 6 heterocycles. The maximum atomic E-state index is 13.1. The third-order valence-corrected chi connectivity index (χ3v) is 6.71. The first-order chi connectivity index (χ1) is 12.9. The first-order valence-electron chi connectivity index (χ1n) is 8.79. The van der Waals surface area contributed by atoms with Gasteiger partial charge in [0.05, 0.1) is 17.8 Å². The highest BCUT2D eigenvalue weighted by Gasteiger charge is 2.37. The Morgan fingerprint density at radius 1 is 1.26 bits per heavy atom. The molecule has 1 atom stereocenters. The van der Waals surface area contributed by atoms with E-state index in [9.17, 15) is 18.0 Å². The average molecular weight is 395 g/mol. The zero-order chi connectivity index (χ0) is 18.8. The van der Waals surface area contributed by atoms with Gasteiger partial charge in [-0.25, -0.2) is 4.98 Å². The molecule has 0 radical (unpaired) electrons. The van der Waals surface area contributed by atoms with Crippen molar-refractivity contribution < 1.29 is 13.2 Å². The summed E-state index contributed by atoms with van der Waals surface area (Å²) in [6, 6.07) is 1.63. The van der Waals surface area contributed by atoms with Gasteiger partial charge < -0.3 is 4.98 Å². The van der Waals surface area contributed by atoms with Crippen molar-refractivity contribution in [2.24, 2.45) is 5.92 Å². The molecule has 0 spiro atoms. The lowest BCUT2D eigenvalue weighted by Crippen LogP contribution is -2.44. The number of hydrogen-bond acceptors (Lipinski definition) is 5. The number of thiophene rings is 1. The number of halogens is 3. The minimum Gasteiger partial charge on any atom is -0.308 e. The predicted octanol–water partition coefficient (Wildman–Crippen LogP) is 3.55. The normalized spacial score (nSPS) is 25.4. The van der Waals surface area contributed by atoms with Crippen molar-refractivity contribution in [3.05, 3.63) is 34.1 Å². The van der Waals surface area contributed by atoms with Gasteiger partial charge in [-0.3, -0.25) is 14.8 Å². The summed E-state index contributed by atoms with van der Waals surface area (Å²) in [6.07, 6.45) is -0.0972. The molecule has 2 bridgehead atoms. The maximum absolute atomic E-state index is 13.1. The Bertz CT molecular complexity index is 1060. The van der Waals surface area contributed by atoms with E-state index in [1.807, 2.05) is 5.10 Å². The molecule has 3 saturated heterocycles. The SMILES string of the molecule is O=c1[nH]c(C2CC3CCN2CC3)nc2cc(-c3cn[nH]c3C(F)(F)F)sc12. The molecule has 142 valence electrons. The van der Waals surface area contributed by atoms with Crippen molar-refractivity contribution in [3.63, 3.8) is 0 Å². The van der Waals surface area contributed by atoms with Gasteiger partial charge in [0.1, 0.15) is 16.2 Å². The highest BCUT2D eigenvalue weighted by molar-refractivity contribution is 7.22. The second-order valence-corrected chi connectivity index (χ2v) is 8.22. The van der Waals surface area contributed by atoms with E-state index in [1.54, 1.807) is 6.07 Å². The first kappa shape index (κ1) is 16.9. The number of nitrogens with one attached hydrogen (secondary N) is 2. The predicted molar refractivity (Wildman–Crippen MR) is 94.5 cm³/mol. The van der Waals surface area contributed by atoms with Crippen LogP contribution in [0.4, 0.5) is 13.2 Å². The van der Waals surface area contributed by atoms with Crippen LogP contribution in [-0.2, 0) is 6.18 Å². The van der Waals surface area contributed by atoms with Gasteiger partial charge in [-0.2, -0.15) is 18.3 Å². The number of rotatable bonds is 2. The van der Waals surface area contributed by atoms with E-state index < -0.39 is 11.9 Å². The number of alkyl halides is 3. The number of hydrogen-bond donors (Lipinski definition) is 2. The maximum Gasteiger partial charge on any atom is 0.433 e. The molecule has 0 aromatic carbocycles. The molecule has 6 rings (SSSR count). The molecule has 1 unspecified atom stereocenters. The fourth-order valence-corrected chi connectivity index (χ4v) is 5.20. The van der Waals surface area contributed by atoms with Crippen LogP contribution in [0.5, 0.6) is 0 Å². The summed E-state index contributed by atoms with van der Waals surface area (Å²) in [5.41, 5.74) is -0.843. The molecule has 0 amide bonds. The molecule has 2 N–H and O–H groups in total. The minimum atomic E-state index is -4.54. The van der Waals surface area contributed by atoms with E-state index in [0.29, 0.717) is 26.8 Å². The zero-order valence-electron chi connectivity index (χ0n) is 14.1. The van der Waals surface area contributed by atoms with E-state index in [2.05, 4.69) is 20.0 Å². The van der Waals surface area contributed by atoms with Crippen LogP contribution in [0.25, 0.3) is 20.7 Å². The molecule has 27 heavy (non-hydrogen) atoms. The summed E-state index contributed by atoms with van der Waals surface area (Å²) < 4.78 is 39.8. The highest BCUT2D eigenvalue weighted by Crippen LogP contribution is 2.41. The monoisotopic (exact) mass is 395 g/mol. The lowest BCUT2D eigenvalue weighted by molar-refractivity contribution is -0.140. The first-order valence-corrected chi connectivity index (χ1v) is 9.60. The van der Waals surface area contributed by atoms with Gasteiger partial charge in [0, 0.05) is 10.4 Å². The van der Waals surface area contributed by atoms with Crippen LogP contribution in [0.15, 0.2) is 17.1 Å². The van der Waals surface area contributed by atoms with Crippen molar-refractivity contribution in [3.8, 4) is 10.4 Å². The van der Waals surface area contributed by atoms with Crippen LogP contribution < -0.4 is 5.56 Å². The number of fused-ring (bicyclic) bond motifs is 4. The summed E-state index contributed by atoms with van der Waals surface area (Å²) in [6.45, 7) is 1.99.